The van der Waals surface area contributed by atoms with Crippen LogP contribution in [0.4, 0.5) is 0 Å². The molecule has 0 unspecified atom stereocenters. The molecule has 20 heavy (non-hydrogen) atoms. The Kier molecular flexibility index (Phi) is 4.69. The Bertz CT molecular complexity index is 623. The highest BCUT2D eigenvalue weighted by atomic mass is 35.5. The minimum atomic E-state index is 0.721. The van der Waals surface area contributed by atoms with Gasteiger partial charge in [0.05, 0.1) is 0 Å². The van der Waals surface area contributed by atoms with E-state index in [9.17, 15) is 0 Å². The summed E-state index contributed by atoms with van der Waals surface area (Å²) in [6, 6.07) is 10.0. The molecule has 0 spiro atoms. The Hall–Kier alpha value is -1.51. The van der Waals surface area contributed by atoms with E-state index >= 15 is 0 Å². The van der Waals surface area contributed by atoms with Gasteiger partial charge in [0.1, 0.15) is 11.5 Å². The number of hydrogen-bond acceptors (Lipinski definition) is 2. The van der Waals surface area contributed by atoms with Crippen LogP contribution in [-0.2, 0) is 6.54 Å². The van der Waals surface area contributed by atoms with Crippen molar-refractivity contribution in [1.29, 1.82) is 0 Å². The number of ether oxygens (including phenoxy) is 1. The second-order valence-electron chi connectivity index (χ2n) is 5.09. The van der Waals surface area contributed by atoms with Gasteiger partial charge in [-0.2, -0.15) is 0 Å². The van der Waals surface area contributed by atoms with Gasteiger partial charge >= 0.3 is 0 Å². The van der Waals surface area contributed by atoms with Crippen LogP contribution < -0.4 is 10.1 Å². The van der Waals surface area contributed by atoms with Crippen molar-refractivity contribution in [3.8, 4) is 11.5 Å². The second-order valence-corrected chi connectivity index (χ2v) is 5.50. The summed E-state index contributed by atoms with van der Waals surface area (Å²) < 4.78 is 5.98. The summed E-state index contributed by atoms with van der Waals surface area (Å²) in [5.74, 6) is 1.66. The van der Waals surface area contributed by atoms with E-state index in [1.54, 1.807) is 0 Å². The monoisotopic (exact) mass is 289 g/mol. The van der Waals surface area contributed by atoms with E-state index in [4.69, 9.17) is 16.3 Å². The molecule has 0 atom stereocenters. The molecule has 2 aromatic rings. The summed E-state index contributed by atoms with van der Waals surface area (Å²) >= 11 is 6.26. The first-order valence-electron chi connectivity index (χ1n) is 6.70. The quantitative estimate of drug-likeness (QED) is 0.875. The highest BCUT2D eigenvalue weighted by Gasteiger charge is 2.07. The van der Waals surface area contributed by atoms with E-state index < -0.39 is 0 Å². The fraction of sp³-hybridized carbons (Fsp3) is 0.294. The van der Waals surface area contributed by atoms with Gasteiger partial charge < -0.3 is 10.1 Å². The first-order chi connectivity index (χ1) is 9.51. The topological polar surface area (TPSA) is 21.3 Å². The van der Waals surface area contributed by atoms with Gasteiger partial charge in [0, 0.05) is 11.6 Å². The third kappa shape index (κ3) is 3.33. The molecule has 0 aromatic heterocycles. The fourth-order valence-electron chi connectivity index (χ4n) is 2.16. The lowest BCUT2D eigenvalue weighted by Crippen LogP contribution is -2.05. The molecule has 1 N–H and O–H groups in total. The van der Waals surface area contributed by atoms with Gasteiger partial charge in [-0.15, -0.1) is 0 Å². The Morgan fingerprint density at radius 2 is 1.85 bits per heavy atom. The maximum atomic E-state index is 6.26. The van der Waals surface area contributed by atoms with Crippen molar-refractivity contribution in [3.63, 3.8) is 0 Å². The molecule has 0 saturated heterocycles. The molecule has 0 bridgehead atoms. The van der Waals surface area contributed by atoms with E-state index in [-0.39, 0.29) is 0 Å². The summed E-state index contributed by atoms with van der Waals surface area (Å²) in [6.45, 7) is 6.99. The van der Waals surface area contributed by atoms with Gasteiger partial charge in [-0.1, -0.05) is 23.7 Å². The van der Waals surface area contributed by atoms with Crippen molar-refractivity contribution >= 4 is 11.6 Å². The second kappa shape index (κ2) is 6.29. The molecular formula is C17H20ClNO. The van der Waals surface area contributed by atoms with E-state index in [2.05, 4.69) is 38.2 Å². The SMILES string of the molecule is CNCc1ccc(Oc2cc(C)cc(C)c2C)cc1Cl. The summed E-state index contributed by atoms with van der Waals surface area (Å²) in [6.07, 6.45) is 0. The van der Waals surface area contributed by atoms with Crippen LogP contribution in [0.15, 0.2) is 30.3 Å². The highest BCUT2D eigenvalue weighted by Crippen LogP contribution is 2.30. The van der Waals surface area contributed by atoms with Crippen molar-refractivity contribution in [2.24, 2.45) is 0 Å². The maximum absolute atomic E-state index is 6.26. The molecule has 0 aliphatic heterocycles. The zero-order valence-electron chi connectivity index (χ0n) is 12.4. The Morgan fingerprint density at radius 1 is 1.10 bits per heavy atom. The summed E-state index contributed by atoms with van der Waals surface area (Å²) in [5.41, 5.74) is 4.66. The molecule has 0 fully saturated rings. The lowest BCUT2D eigenvalue weighted by atomic mass is 10.1. The molecule has 0 heterocycles. The number of halogens is 1. The molecule has 2 rings (SSSR count). The number of rotatable bonds is 4. The molecule has 2 nitrogen and oxygen atoms in total. The third-order valence-corrected chi connectivity index (χ3v) is 3.74. The van der Waals surface area contributed by atoms with Gasteiger partial charge in [-0.05, 0) is 68.3 Å². The van der Waals surface area contributed by atoms with Crippen molar-refractivity contribution in [2.75, 3.05) is 7.05 Å². The predicted molar refractivity (Wildman–Crippen MR) is 84.9 cm³/mol. The van der Waals surface area contributed by atoms with Crippen LogP contribution in [0, 0.1) is 20.8 Å². The molecule has 0 radical (unpaired) electrons. The van der Waals surface area contributed by atoms with Gasteiger partial charge in [-0.3, -0.25) is 0 Å². The number of nitrogens with one attached hydrogen (secondary N) is 1. The molecule has 0 aliphatic rings. The Morgan fingerprint density at radius 3 is 2.50 bits per heavy atom. The lowest BCUT2D eigenvalue weighted by molar-refractivity contribution is 0.477. The first-order valence-corrected chi connectivity index (χ1v) is 7.08. The average Bonchev–Trinajstić information content (AvgIpc) is 2.39. The summed E-state index contributed by atoms with van der Waals surface area (Å²) in [7, 11) is 1.90. The zero-order valence-corrected chi connectivity index (χ0v) is 13.1. The fourth-order valence-corrected chi connectivity index (χ4v) is 2.40. The van der Waals surface area contributed by atoms with Crippen LogP contribution in [0.3, 0.4) is 0 Å². The normalized spacial score (nSPS) is 10.7. The Labute approximate surface area is 125 Å². The van der Waals surface area contributed by atoms with Crippen LogP contribution in [0.5, 0.6) is 11.5 Å². The zero-order chi connectivity index (χ0) is 14.7. The summed E-state index contributed by atoms with van der Waals surface area (Å²) in [5, 5.41) is 3.81. The van der Waals surface area contributed by atoms with Crippen LogP contribution >= 0.6 is 11.6 Å². The number of aryl methyl sites for hydroxylation is 2. The van der Waals surface area contributed by atoms with Crippen LogP contribution in [0.25, 0.3) is 0 Å². The molecule has 0 saturated carbocycles. The molecule has 2 aromatic carbocycles. The van der Waals surface area contributed by atoms with Crippen molar-refractivity contribution in [2.45, 2.75) is 27.3 Å². The average molecular weight is 290 g/mol. The van der Waals surface area contributed by atoms with E-state index in [1.165, 1.54) is 11.1 Å². The predicted octanol–water partition coefficient (Wildman–Crippen LogP) is 4.78. The minimum Gasteiger partial charge on any atom is -0.457 e. The molecular weight excluding hydrogens is 270 g/mol. The highest BCUT2D eigenvalue weighted by molar-refractivity contribution is 6.31. The number of benzene rings is 2. The standard InChI is InChI=1S/C17H20ClNO/c1-11-7-12(2)13(3)17(8-11)20-15-6-5-14(10-19-4)16(18)9-15/h5-9,19H,10H2,1-4H3. The maximum Gasteiger partial charge on any atom is 0.130 e. The van der Waals surface area contributed by atoms with Crippen molar-refractivity contribution in [1.82, 2.24) is 5.32 Å². The van der Waals surface area contributed by atoms with Gasteiger partial charge in [-0.25, -0.2) is 0 Å². The Balaban J connectivity index is 2.29. The van der Waals surface area contributed by atoms with Crippen molar-refractivity contribution < 1.29 is 4.74 Å². The largest absolute Gasteiger partial charge is 0.457 e. The summed E-state index contributed by atoms with van der Waals surface area (Å²) in [4.78, 5) is 0. The lowest BCUT2D eigenvalue weighted by Gasteiger charge is -2.13. The molecule has 106 valence electrons. The van der Waals surface area contributed by atoms with E-state index in [1.807, 2.05) is 25.2 Å². The van der Waals surface area contributed by atoms with E-state index in [0.717, 1.165) is 34.2 Å². The third-order valence-electron chi connectivity index (χ3n) is 3.38. The van der Waals surface area contributed by atoms with Crippen molar-refractivity contribution in [3.05, 3.63) is 57.6 Å². The molecule has 0 amide bonds. The van der Waals surface area contributed by atoms with Crippen LogP contribution in [0.2, 0.25) is 5.02 Å². The first kappa shape index (κ1) is 14.9. The van der Waals surface area contributed by atoms with Crippen LogP contribution in [-0.4, -0.2) is 7.05 Å². The molecule has 3 heteroatoms. The minimum absolute atomic E-state index is 0.721. The number of hydrogen-bond donors (Lipinski definition) is 1. The molecule has 0 aliphatic carbocycles. The van der Waals surface area contributed by atoms with Crippen LogP contribution in [0.1, 0.15) is 22.3 Å². The van der Waals surface area contributed by atoms with Gasteiger partial charge in [0.25, 0.3) is 0 Å². The smallest absolute Gasteiger partial charge is 0.130 e. The van der Waals surface area contributed by atoms with Gasteiger partial charge in [0.2, 0.25) is 0 Å². The van der Waals surface area contributed by atoms with E-state index in [0.29, 0.717) is 0 Å². The van der Waals surface area contributed by atoms with Gasteiger partial charge in [0.15, 0.2) is 0 Å².